The summed E-state index contributed by atoms with van der Waals surface area (Å²) in [6.45, 7) is 4.98. The summed E-state index contributed by atoms with van der Waals surface area (Å²) in [6, 6.07) is 27.5. The van der Waals surface area contributed by atoms with E-state index in [1.54, 1.807) is 11.8 Å². The van der Waals surface area contributed by atoms with Crippen LogP contribution in [-0.2, 0) is 18.7 Å². The standard InChI is InChI=1S/C27H28N6S/c1-3-23-14-7-8-15-25(23)33-27(34-19-21-11-5-4-6-12-21)24(17-28-33)26-29-30-31-32(26)18-22-13-9-10-20(2)16-22/h4-17,30-31H,3,18-19H2,1-2H3. The number of benzene rings is 3. The highest BCUT2D eigenvalue weighted by molar-refractivity contribution is 7.98. The molecule has 172 valence electrons. The molecule has 2 N–H and O–H groups in total. The van der Waals surface area contributed by atoms with Crippen molar-refractivity contribution in [2.24, 2.45) is 5.10 Å². The summed E-state index contributed by atoms with van der Waals surface area (Å²) in [5.41, 5.74) is 13.2. The van der Waals surface area contributed by atoms with Gasteiger partial charge < -0.3 is 0 Å². The lowest BCUT2D eigenvalue weighted by Gasteiger charge is -2.20. The van der Waals surface area contributed by atoms with Crippen LogP contribution in [0.1, 0.15) is 34.7 Å². The predicted molar refractivity (Wildman–Crippen MR) is 138 cm³/mol. The zero-order chi connectivity index (χ0) is 23.3. The lowest BCUT2D eigenvalue weighted by molar-refractivity contribution is 0.288. The molecule has 2 heterocycles. The van der Waals surface area contributed by atoms with Crippen LogP contribution in [-0.4, -0.2) is 20.6 Å². The van der Waals surface area contributed by atoms with Gasteiger partial charge in [-0.3, -0.25) is 5.01 Å². The van der Waals surface area contributed by atoms with E-state index in [2.05, 4.69) is 114 Å². The molecule has 0 saturated heterocycles. The van der Waals surface area contributed by atoms with Gasteiger partial charge in [-0.05, 0) is 36.1 Å². The Balaban J connectivity index is 1.51. The number of nitrogens with one attached hydrogen (secondary N) is 2. The molecule has 0 bridgehead atoms. The molecule has 4 aromatic rings. The molecule has 0 aliphatic carbocycles. The van der Waals surface area contributed by atoms with E-state index in [4.69, 9.17) is 5.10 Å². The quantitative estimate of drug-likeness (QED) is 0.347. The predicted octanol–water partition coefficient (Wildman–Crippen LogP) is 5.22. The SMILES string of the molecule is CCc1ccccc1-n1ncc(C2=NNNN2Cc2cccc(C)c2)c1SCc1ccccc1. The Morgan fingerprint density at radius 1 is 0.912 bits per heavy atom. The summed E-state index contributed by atoms with van der Waals surface area (Å²) in [7, 11) is 0. The minimum absolute atomic E-state index is 0.688. The molecule has 0 atom stereocenters. The highest BCUT2D eigenvalue weighted by Gasteiger charge is 2.26. The molecule has 0 unspecified atom stereocenters. The molecule has 3 aromatic carbocycles. The number of hydrogen-bond donors (Lipinski definition) is 2. The first-order chi connectivity index (χ1) is 16.7. The third kappa shape index (κ3) is 4.71. The summed E-state index contributed by atoms with van der Waals surface area (Å²) in [5.74, 6) is 1.68. The van der Waals surface area contributed by atoms with Crippen LogP contribution in [0.2, 0.25) is 0 Å². The van der Waals surface area contributed by atoms with Crippen LogP contribution in [0.4, 0.5) is 0 Å². The van der Waals surface area contributed by atoms with Crippen LogP contribution in [0.3, 0.4) is 0 Å². The van der Waals surface area contributed by atoms with Gasteiger partial charge in [0.25, 0.3) is 0 Å². The first-order valence-corrected chi connectivity index (χ1v) is 12.5. The third-order valence-electron chi connectivity index (χ3n) is 5.81. The van der Waals surface area contributed by atoms with E-state index >= 15 is 0 Å². The van der Waals surface area contributed by atoms with Crippen LogP contribution >= 0.6 is 11.8 Å². The average molecular weight is 469 g/mol. The molecule has 1 aliphatic heterocycles. The van der Waals surface area contributed by atoms with Gasteiger partial charge in [0.1, 0.15) is 5.03 Å². The molecule has 0 saturated carbocycles. The van der Waals surface area contributed by atoms with Crippen molar-refractivity contribution >= 4 is 17.6 Å². The first kappa shape index (κ1) is 22.3. The van der Waals surface area contributed by atoms with Gasteiger partial charge in [0.15, 0.2) is 5.84 Å². The molecule has 1 aliphatic rings. The molecule has 1 aromatic heterocycles. The van der Waals surface area contributed by atoms with E-state index in [0.29, 0.717) is 6.54 Å². The zero-order valence-corrected chi connectivity index (χ0v) is 20.2. The van der Waals surface area contributed by atoms with Crippen molar-refractivity contribution in [1.82, 2.24) is 25.9 Å². The lowest BCUT2D eigenvalue weighted by Crippen LogP contribution is -2.40. The minimum atomic E-state index is 0.688. The maximum Gasteiger partial charge on any atom is 0.177 e. The van der Waals surface area contributed by atoms with Crippen LogP contribution in [0, 0.1) is 6.92 Å². The van der Waals surface area contributed by atoms with Crippen LogP contribution < -0.4 is 11.1 Å². The average Bonchev–Trinajstić information content (AvgIpc) is 3.49. The highest BCUT2D eigenvalue weighted by Crippen LogP contribution is 2.31. The lowest BCUT2D eigenvalue weighted by atomic mass is 10.1. The fourth-order valence-corrected chi connectivity index (χ4v) is 5.17. The van der Waals surface area contributed by atoms with Gasteiger partial charge in [0.05, 0.1) is 24.0 Å². The van der Waals surface area contributed by atoms with Crippen molar-refractivity contribution in [2.45, 2.75) is 37.6 Å². The Kier molecular flexibility index (Phi) is 6.65. The molecule has 7 heteroatoms. The largest absolute Gasteiger partial charge is 0.266 e. The van der Waals surface area contributed by atoms with Gasteiger partial charge in [-0.15, -0.1) is 22.4 Å². The second-order valence-corrected chi connectivity index (χ2v) is 9.23. The zero-order valence-electron chi connectivity index (χ0n) is 19.4. The molecule has 5 rings (SSSR count). The van der Waals surface area contributed by atoms with E-state index in [9.17, 15) is 0 Å². The normalized spacial score (nSPS) is 13.1. The Bertz CT molecular complexity index is 1300. The summed E-state index contributed by atoms with van der Waals surface area (Å²) in [5, 5.41) is 12.5. The number of aryl methyl sites for hydroxylation is 2. The summed E-state index contributed by atoms with van der Waals surface area (Å²) >= 11 is 1.78. The third-order valence-corrected chi connectivity index (χ3v) is 6.95. The number of nitrogens with zero attached hydrogens (tertiary/aromatic N) is 4. The monoisotopic (exact) mass is 468 g/mol. The van der Waals surface area contributed by atoms with Gasteiger partial charge in [-0.1, -0.05) is 85.3 Å². The summed E-state index contributed by atoms with van der Waals surface area (Å²) < 4.78 is 2.06. The van der Waals surface area contributed by atoms with Crippen molar-refractivity contribution in [3.63, 3.8) is 0 Å². The number of para-hydroxylation sites is 1. The molecule has 0 fully saturated rings. The Morgan fingerprint density at radius 3 is 2.53 bits per heavy atom. The van der Waals surface area contributed by atoms with Crippen molar-refractivity contribution in [2.75, 3.05) is 0 Å². The number of aromatic nitrogens is 2. The van der Waals surface area contributed by atoms with Gasteiger partial charge >= 0.3 is 0 Å². The van der Waals surface area contributed by atoms with Crippen molar-refractivity contribution in [3.8, 4) is 5.69 Å². The minimum Gasteiger partial charge on any atom is -0.266 e. The number of hydrazone groups is 1. The fraction of sp³-hybridized carbons (Fsp3) is 0.185. The fourth-order valence-electron chi connectivity index (χ4n) is 4.11. The second-order valence-electron chi connectivity index (χ2n) is 8.27. The number of hydrogen-bond acceptors (Lipinski definition) is 6. The molecular formula is C27H28N6S. The van der Waals surface area contributed by atoms with Gasteiger partial charge in [0, 0.05) is 5.75 Å². The van der Waals surface area contributed by atoms with E-state index in [1.165, 1.54) is 22.3 Å². The number of hydrazine groups is 2. The van der Waals surface area contributed by atoms with Crippen LogP contribution in [0.25, 0.3) is 5.69 Å². The molecular weight excluding hydrogens is 440 g/mol. The summed E-state index contributed by atoms with van der Waals surface area (Å²) in [6.07, 6.45) is 2.87. The van der Waals surface area contributed by atoms with E-state index in [1.807, 2.05) is 11.2 Å². The van der Waals surface area contributed by atoms with Gasteiger partial charge in [-0.2, -0.15) is 5.10 Å². The number of rotatable bonds is 8. The Labute approximate surface area is 204 Å². The number of thioether (sulfide) groups is 1. The second kappa shape index (κ2) is 10.2. The van der Waals surface area contributed by atoms with Crippen LogP contribution in [0.15, 0.2) is 95.2 Å². The number of amidine groups is 1. The molecule has 34 heavy (non-hydrogen) atoms. The van der Waals surface area contributed by atoms with Gasteiger partial charge in [0.2, 0.25) is 0 Å². The van der Waals surface area contributed by atoms with E-state index in [0.717, 1.165) is 34.3 Å². The maximum atomic E-state index is 4.84. The van der Waals surface area contributed by atoms with Crippen molar-refractivity contribution < 1.29 is 0 Å². The first-order valence-electron chi connectivity index (χ1n) is 11.5. The smallest absolute Gasteiger partial charge is 0.177 e. The molecule has 6 nitrogen and oxygen atoms in total. The maximum absolute atomic E-state index is 4.84. The molecule has 0 spiro atoms. The van der Waals surface area contributed by atoms with Gasteiger partial charge in [-0.25, -0.2) is 10.2 Å². The topological polar surface area (TPSA) is 57.5 Å². The summed E-state index contributed by atoms with van der Waals surface area (Å²) in [4.78, 5) is 0. The van der Waals surface area contributed by atoms with Crippen molar-refractivity contribution in [3.05, 3.63) is 113 Å². The van der Waals surface area contributed by atoms with Crippen LogP contribution in [0.5, 0.6) is 0 Å². The molecule has 0 amide bonds. The van der Waals surface area contributed by atoms with E-state index in [-0.39, 0.29) is 0 Å². The van der Waals surface area contributed by atoms with Crippen molar-refractivity contribution in [1.29, 1.82) is 0 Å². The Morgan fingerprint density at radius 2 is 1.71 bits per heavy atom. The Hall–Kier alpha value is -3.55. The molecule has 0 radical (unpaired) electrons. The highest BCUT2D eigenvalue weighted by atomic mass is 32.2. The van der Waals surface area contributed by atoms with E-state index < -0.39 is 0 Å².